The van der Waals surface area contributed by atoms with Crippen LogP contribution in [0, 0.1) is 0 Å². The second kappa shape index (κ2) is 5.93. The van der Waals surface area contributed by atoms with Crippen molar-refractivity contribution in [2.75, 3.05) is 37.9 Å². The number of esters is 1. The van der Waals surface area contributed by atoms with E-state index in [2.05, 4.69) is 4.90 Å². The predicted molar refractivity (Wildman–Crippen MR) is 74.4 cm³/mol. The molecule has 2 N–H and O–H groups in total. The summed E-state index contributed by atoms with van der Waals surface area (Å²) in [6, 6.07) is 5.39. The summed E-state index contributed by atoms with van der Waals surface area (Å²) in [4.78, 5) is 13.7. The van der Waals surface area contributed by atoms with Gasteiger partial charge in [-0.2, -0.15) is 0 Å². The first-order chi connectivity index (χ1) is 9.11. The van der Waals surface area contributed by atoms with Crippen LogP contribution in [0.2, 0.25) is 0 Å². The molecule has 1 aromatic carbocycles. The highest BCUT2D eigenvalue weighted by atomic mass is 16.5. The summed E-state index contributed by atoms with van der Waals surface area (Å²) in [5, 5.41) is 0. The molecule has 0 saturated carbocycles. The number of likely N-dealkylation sites (N-methyl/N-ethyl adjacent to an activating group) is 1. The van der Waals surface area contributed by atoms with Crippen LogP contribution in [0.4, 0.5) is 11.4 Å². The maximum atomic E-state index is 11.6. The largest absolute Gasteiger partial charge is 0.465 e. The van der Waals surface area contributed by atoms with E-state index in [-0.39, 0.29) is 6.10 Å². The lowest BCUT2D eigenvalue weighted by Crippen LogP contribution is -2.28. The van der Waals surface area contributed by atoms with E-state index >= 15 is 0 Å². The summed E-state index contributed by atoms with van der Waals surface area (Å²) in [5.74, 6) is -0.412. The van der Waals surface area contributed by atoms with Crippen LogP contribution < -0.4 is 10.6 Å². The number of nitrogens with zero attached hydrogens (tertiary/aromatic N) is 1. The van der Waals surface area contributed by atoms with E-state index in [1.54, 1.807) is 12.1 Å². The maximum Gasteiger partial charge on any atom is 0.340 e. The molecule has 0 spiro atoms. The number of carbonyl (C=O) groups excluding carboxylic acids is 1. The summed E-state index contributed by atoms with van der Waals surface area (Å²) in [6.45, 7) is 1.65. The van der Waals surface area contributed by atoms with Gasteiger partial charge in [0.15, 0.2) is 0 Å². The summed E-state index contributed by atoms with van der Waals surface area (Å²) >= 11 is 0. The Morgan fingerprint density at radius 1 is 1.58 bits per heavy atom. The highest BCUT2D eigenvalue weighted by Gasteiger charge is 2.19. The number of hydrogen-bond donors (Lipinski definition) is 1. The smallest absolute Gasteiger partial charge is 0.340 e. The molecule has 1 atom stereocenters. The molecule has 5 heteroatoms. The van der Waals surface area contributed by atoms with E-state index in [0.29, 0.717) is 11.3 Å². The van der Waals surface area contributed by atoms with Gasteiger partial charge in [0.05, 0.1) is 18.8 Å². The fourth-order valence-corrected chi connectivity index (χ4v) is 2.27. The van der Waals surface area contributed by atoms with Crippen molar-refractivity contribution in [2.24, 2.45) is 0 Å². The van der Waals surface area contributed by atoms with Gasteiger partial charge >= 0.3 is 5.97 Å². The third-order valence-corrected chi connectivity index (χ3v) is 3.38. The fourth-order valence-electron chi connectivity index (χ4n) is 2.27. The van der Waals surface area contributed by atoms with Gasteiger partial charge in [-0.25, -0.2) is 4.79 Å². The highest BCUT2D eigenvalue weighted by molar-refractivity contribution is 5.96. The monoisotopic (exact) mass is 264 g/mol. The molecular weight excluding hydrogens is 244 g/mol. The molecule has 1 saturated heterocycles. The molecule has 1 aliphatic heterocycles. The van der Waals surface area contributed by atoms with Crippen molar-refractivity contribution in [1.82, 2.24) is 0 Å². The second-order valence-corrected chi connectivity index (χ2v) is 4.78. The van der Waals surface area contributed by atoms with Gasteiger partial charge < -0.3 is 20.1 Å². The van der Waals surface area contributed by atoms with Crippen LogP contribution >= 0.6 is 0 Å². The van der Waals surface area contributed by atoms with Crippen molar-refractivity contribution in [3.05, 3.63) is 23.8 Å². The summed E-state index contributed by atoms with van der Waals surface area (Å²) in [5.41, 5.74) is 7.55. The molecular formula is C14H20N2O3. The number of nitrogen functional groups attached to an aromatic ring is 1. The van der Waals surface area contributed by atoms with Crippen LogP contribution in [0.5, 0.6) is 0 Å². The third-order valence-electron chi connectivity index (χ3n) is 3.38. The van der Waals surface area contributed by atoms with Crippen LogP contribution in [0.1, 0.15) is 23.2 Å². The minimum absolute atomic E-state index is 0.268. The van der Waals surface area contributed by atoms with E-state index in [1.165, 1.54) is 7.11 Å². The fraction of sp³-hybridized carbons (Fsp3) is 0.500. The minimum atomic E-state index is -0.412. The highest BCUT2D eigenvalue weighted by Crippen LogP contribution is 2.23. The van der Waals surface area contributed by atoms with Crippen LogP contribution in [0.25, 0.3) is 0 Å². The van der Waals surface area contributed by atoms with E-state index in [0.717, 1.165) is 31.7 Å². The predicted octanol–water partition coefficient (Wildman–Crippen LogP) is 1.67. The molecule has 19 heavy (non-hydrogen) atoms. The van der Waals surface area contributed by atoms with E-state index in [4.69, 9.17) is 15.2 Å². The van der Waals surface area contributed by atoms with Crippen molar-refractivity contribution in [3.63, 3.8) is 0 Å². The van der Waals surface area contributed by atoms with Crippen LogP contribution in [-0.4, -0.2) is 39.4 Å². The molecule has 1 aliphatic rings. The Kier molecular flexibility index (Phi) is 4.27. The SMILES string of the molecule is COC(=O)c1cc(N(C)CC2CCCO2)ccc1N. The van der Waals surface area contributed by atoms with Crippen molar-refractivity contribution < 1.29 is 14.3 Å². The van der Waals surface area contributed by atoms with Gasteiger partial charge in [-0.15, -0.1) is 0 Å². The molecule has 1 aromatic rings. The van der Waals surface area contributed by atoms with Gasteiger partial charge in [-0.3, -0.25) is 0 Å². The van der Waals surface area contributed by atoms with Crippen molar-refractivity contribution >= 4 is 17.3 Å². The van der Waals surface area contributed by atoms with Crippen LogP contribution in [-0.2, 0) is 9.47 Å². The summed E-state index contributed by atoms with van der Waals surface area (Å²) in [6.07, 6.45) is 2.47. The van der Waals surface area contributed by atoms with Crippen molar-refractivity contribution in [3.8, 4) is 0 Å². The number of anilines is 2. The normalized spacial score (nSPS) is 18.3. The number of carbonyl (C=O) groups is 1. The molecule has 1 heterocycles. The Labute approximate surface area is 113 Å². The molecule has 104 valence electrons. The topological polar surface area (TPSA) is 64.8 Å². The first kappa shape index (κ1) is 13.7. The number of methoxy groups -OCH3 is 1. The zero-order valence-electron chi connectivity index (χ0n) is 11.4. The Morgan fingerprint density at radius 3 is 3.00 bits per heavy atom. The molecule has 1 fully saturated rings. The molecule has 0 aliphatic carbocycles. The van der Waals surface area contributed by atoms with Gasteiger partial charge in [-0.05, 0) is 31.0 Å². The number of nitrogens with two attached hydrogens (primary N) is 1. The molecule has 0 bridgehead atoms. The van der Waals surface area contributed by atoms with Gasteiger partial charge in [0.25, 0.3) is 0 Å². The summed E-state index contributed by atoms with van der Waals surface area (Å²) < 4.78 is 10.3. The first-order valence-electron chi connectivity index (χ1n) is 6.42. The lowest BCUT2D eigenvalue weighted by Gasteiger charge is -2.23. The quantitative estimate of drug-likeness (QED) is 0.662. The van der Waals surface area contributed by atoms with E-state index < -0.39 is 5.97 Å². The number of rotatable bonds is 4. The summed E-state index contributed by atoms with van der Waals surface area (Å²) in [7, 11) is 3.33. The average molecular weight is 264 g/mol. The lowest BCUT2D eigenvalue weighted by molar-refractivity contribution is 0.0602. The molecule has 5 nitrogen and oxygen atoms in total. The van der Waals surface area contributed by atoms with Crippen LogP contribution in [0.15, 0.2) is 18.2 Å². The van der Waals surface area contributed by atoms with E-state index in [9.17, 15) is 4.79 Å². The minimum Gasteiger partial charge on any atom is -0.465 e. The number of benzene rings is 1. The Balaban J connectivity index is 2.12. The molecule has 2 rings (SSSR count). The number of ether oxygens (including phenoxy) is 2. The Hall–Kier alpha value is -1.75. The third kappa shape index (κ3) is 3.17. The second-order valence-electron chi connectivity index (χ2n) is 4.78. The van der Waals surface area contributed by atoms with Gasteiger partial charge in [0, 0.05) is 31.6 Å². The zero-order valence-corrected chi connectivity index (χ0v) is 11.4. The van der Waals surface area contributed by atoms with Gasteiger partial charge in [0.2, 0.25) is 0 Å². The van der Waals surface area contributed by atoms with Gasteiger partial charge in [-0.1, -0.05) is 0 Å². The standard InChI is InChI=1S/C14H20N2O3/c1-16(9-11-4-3-7-19-11)10-5-6-13(15)12(8-10)14(17)18-2/h5-6,8,11H,3-4,7,9,15H2,1-2H3. The van der Waals surface area contributed by atoms with Crippen LogP contribution in [0.3, 0.4) is 0 Å². The Morgan fingerprint density at radius 2 is 2.37 bits per heavy atom. The van der Waals surface area contributed by atoms with Crippen molar-refractivity contribution in [2.45, 2.75) is 18.9 Å². The van der Waals surface area contributed by atoms with Crippen molar-refractivity contribution in [1.29, 1.82) is 0 Å². The van der Waals surface area contributed by atoms with E-state index in [1.807, 2.05) is 13.1 Å². The molecule has 0 amide bonds. The Bertz CT molecular complexity index is 456. The molecule has 1 unspecified atom stereocenters. The number of hydrogen-bond acceptors (Lipinski definition) is 5. The zero-order chi connectivity index (χ0) is 13.8. The van der Waals surface area contributed by atoms with Gasteiger partial charge in [0.1, 0.15) is 0 Å². The average Bonchev–Trinajstić information content (AvgIpc) is 2.91. The lowest BCUT2D eigenvalue weighted by atomic mass is 10.1. The molecule has 0 aromatic heterocycles. The molecule has 0 radical (unpaired) electrons. The first-order valence-corrected chi connectivity index (χ1v) is 6.42. The maximum absolute atomic E-state index is 11.6.